The van der Waals surface area contributed by atoms with Crippen molar-refractivity contribution >= 4 is 29.9 Å². The summed E-state index contributed by atoms with van der Waals surface area (Å²) in [5, 5.41) is 3.51. The Labute approximate surface area is 206 Å². The molecule has 1 unspecified atom stereocenters. The largest absolute Gasteiger partial charge is 0.379 e. The summed E-state index contributed by atoms with van der Waals surface area (Å²) < 4.78 is 5.43. The Hall–Kier alpha value is -0.900. The molecule has 176 valence electrons. The lowest BCUT2D eigenvalue weighted by molar-refractivity contribution is 0.0373. The van der Waals surface area contributed by atoms with Crippen molar-refractivity contribution in [1.29, 1.82) is 0 Å². The highest BCUT2D eigenvalue weighted by molar-refractivity contribution is 14.0. The molecule has 0 aliphatic carbocycles. The Kier molecular flexibility index (Phi) is 12.8. The minimum absolute atomic E-state index is 0. The molecule has 1 aromatic rings. The van der Waals surface area contributed by atoms with E-state index in [1.807, 2.05) is 0 Å². The van der Waals surface area contributed by atoms with E-state index in [0.717, 1.165) is 84.4 Å². The van der Waals surface area contributed by atoms with E-state index in [9.17, 15) is 0 Å². The van der Waals surface area contributed by atoms with Crippen molar-refractivity contribution in [2.75, 3.05) is 72.1 Å². The highest BCUT2D eigenvalue weighted by atomic mass is 127. The maximum Gasteiger partial charge on any atom is 0.194 e. The van der Waals surface area contributed by atoms with Gasteiger partial charge in [-0.1, -0.05) is 37.3 Å². The summed E-state index contributed by atoms with van der Waals surface area (Å²) in [6.07, 6.45) is 3.52. The van der Waals surface area contributed by atoms with E-state index >= 15 is 0 Å². The summed E-state index contributed by atoms with van der Waals surface area (Å²) in [6, 6.07) is 11.5. The lowest BCUT2D eigenvalue weighted by Gasteiger charge is -2.40. The molecule has 31 heavy (non-hydrogen) atoms. The normalized spacial score (nSPS) is 19.7. The van der Waals surface area contributed by atoms with Crippen LogP contribution >= 0.6 is 24.0 Å². The molecule has 3 rings (SSSR count). The summed E-state index contributed by atoms with van der Waals surface area (Å²) in [7, 11) is 0. The van der Waals surface area contributed by atoms with Gasteiger partial charge in [0.15, 0.2) is 5.96 Å². The van der Waals surface area contributed by atoms with Crippen molar-refractivity contribution in [3.05, 3.63) is 35.9 Å². The van der Waals surface area contributed by atoms with Gasteiger partial charge in [-0.3, -0.25) is 14.8 Å². The zero-order valence-electron chi connectivity index (χ0n) is 19.5. The lowest BCUT2D eigenvalue weighted by Crippen LogP contribution is -2.53. The molecule has 0 radical (unpaired) electrons. The summed E-state index contributed by atoms with van der Waals surface area (Å²) in [5.74, 6) is 1.09. The molecule has 1 N–H and O–H groups in total. The van der Waals surface area contributed by atoms with Gasteiger partial charge in [0.25, 0.3) is 0 Å². The second kappa shape index (κ2) is 15.0. The number of aliphatic imine (C=N–C) groups is 1. The molecule has 2 heterocycles. The Morgan fingerprint density at radius 1 is 1.00 bits per heavy atom. The van der Waals surface area contributed by atoms with E-state index < -0.39 is 0 Å². The number of rotatable bonds is 9. The van der Waals surface area contributed by atoms with Crippen LogP contribution in [0.25, 0.3) is 0 Å². The van der Waals surface area contributed by atoms with Gasteiger partial charge in [0, 0.05) is 58.4 Å². The summed E-state index contributed by atoms with van der Waals surface area (Å²) in [6.45, 7) is 15.7. The quantitative estimate of drug-likeness (QED) is 0.224. The Balaban J connectivity index is 0.00000341. The molecule has 0 bridgehead atoms. The molecule has 1 aromatic carbocycles. The molecule has 7 heteroatoms. The number of piperazine rings is 1. The first-order valence-electron chi connectivity index (χ1n) is 11.9. The average molecular weight is 544 g/mol. The molecule has 0 saturated carbocycles. The van der Waals surface area contributed by atoms with E-state index in [0.29, 0.717) is 6.04 Å². The molecular weight excluding hydrogens is 501 g/mol. The van der Waals surface area contributed by atoms with Crippen molar-refractivity contribution in [3.8, 4) is 0 Å². The first kappa shape index (κ1) is 26.4. The van der Waals surface area contributed by atoms with Crippen molar-refractivity contribution in [3.63, 3.8) is 0 Å². The van der Waals surface area contributed by atoms with Gasteiger partial charge in [-0.15, -0.1) is 24.0 Å². The van der Waals surface area contributed by atoms with Crippen LogP contribution in [-0.4, -0.2) is 92.8 Å². The van der Waals surface area contributed by atoms with Crippen LogP contribution in [0.5, 0.6) is 0 Å². The molecule has 0 amide bonds. The number of ether oxygens (including phenoxy) is 1. The van der Waals surface area contributed by atoms with Crippen LogP contribution in [-0.2, 0) is 4.74 Å². The van der Waals surface area contributed by atoms with Crippen molar-refractivity contribution in [2.45, 2.75) is 39.2 Å². The smallest absolute Gasteiger partial charge is 0.194 e. The molecule has 0 spiro atoms. The maximum atomic E-state index is 5.43. The fourth-order valence-electron chi connectivity index (χ4n) is 4.51. The third-order valence-corrected chi connectivity index (χ3v) is 6.21. The molecule has 2 saturated heterocycles. The van der Waals surface area contributed by atoms with Gasteiger partial charge in [0.2, 0.25) is 0 Å². The van der Waals surface area contributed by atoms with E-state index in [1.54, 1.807) is 0 Å². The number of morpholine rings is 1. The van der Waals surface area contributed by atoms with Crippen LogP contribution in [0.15, 0.2) is 35.3 Å². The summed E-state index contributed by atoms with van der Waals surface area (Å²) in [5.41, 5.74) is 1.44. The molecule has 0 aromatic heterocycles. The van der Waals surface area contributed by atoms with Crippen LogP contribution in [0.3, 0.4) is 0 Å². The zero-order valence-corrected chi connectivity index (χ0v) is 21.8. The van der Waals surface area contributed by atoms with Gasteiger partial charge < -0.3 is 15.0 Å². The first-order valence-corrected chi connectivity index (χ1v) is 11.9. The number of unbranched alkanes of at least 4 members (excludes halogenated alkanes) is 1. The molecule has 6 nitrogen and oxygen atoms in total. The minimum atomic E-state index is 0. The van der Waals surface area contributed by atoms with Gasteiger partial charge in [-0.2, -0.15) is 0 Å². The fraction of sp³-hybridized carbons (Fsp3) is 0.708. The van der Waals surface area contributed by atoms with Gasteiger partial charge in [-0.25, -0.2) is 0 Å². The standard InChI is InChI=1S/C24H41N5O.HI/c1-3-23(22-10-6-5-7-11-22)28-14-16-29(17-15-28)24(25-4-2)26-12-8-9-13-27-18-20-30-21-19-27;/h5-7,10-11,23H,3-4,8-9,12-21H2,1-2H3,(H,25,26);1H. The van der Waals surface area contributed by atoms with Crippen molar-refractivity contribution in [2.24, 2.45) is 4.99 Å². The van der Waals surface area contributed by atoms with Gasteiger partial charge in [0.1, 0.15) is 0 Å². The SMILES string of the molecule is CCNC(=NCCCCN1CCOCC1)N1CCN(C(CC)c2ccccc2)CC1.I. The number of nitrogens with zero attached hydrogens (tertiary/aromatic N) is 4. The summed E-state index contributed by atoms with van der Waals surface area (Å²) >= 11 is 0. The zero-order chi connectivity index (χ0) is 21.0. The number of nitrogens with one attached hydrogen (secondary N) is 1. The number of halogens is 1. The minimum Gasteiger partial charge on any atom is -0.379 e. The van der Waals surface area contributed by atoms with E-state index in [-0.39, 0.29) is 24.0 Å². The topological polar surface area (TPSA) is 43.3 Å². The van der Waals surface area contributed by atoms with E-state index in [1.165, 1.54) is 18.5 Å². The van der Waals surface area contributed by atoms with Crippen LogP contribution < -0.4 is 5.32 Å². The Morgan fingerprint density at radius 2 is 1.71 bits per heavy atom. The van der Waals surface area contributed by atoms with Crippen molar-refractivity contribution in [1.82, 2.24) is 20.0 Å². The van der Waals surface area contributed by atoms with Gasteiger partial charge >= 0.3 is 0 Å². The third kappa shape index (κ3) is 8.51. The first-order chi connectivity index (χ1) is 14.8. The van der Waals surface area contributed by atoms with E-state index in [2.05, 4.69) is 64.2 Å². The van der Waals surface area contributed by atoms with Gasteiger partial charge in [0.05, 0.1) is 13.2 Å². The number of hydrogen-bond donors (Lipinski definition) is 1. The third-order valence-electron chi connectivity index (χ3n) is 6.21. The summed E-state index contributed by atoms with van der Waals surface area (Å²) in [4.78, 5) is 12.5. The fourth-order valence-corrected chi connectivity index (χ4v) is 4.51. The van der Waals surface area contributed by atoms with Crippen LogP contribution in [0.4, 0.5) is 0 Å². The van der Waals surface area contributed by atoms with E-state index in [4.69, 9.17) is 9.73 Å². The maximum absolute atomic E-state index is 5.43. The molecule has 2 fully saturated rings. The van der Waals surface area contributed by atoms with Crippen LogP contribution in [0.1, 0.15) is 44.7 Å². The lowest BCUT2D eigenvalue weighted by atomic mass is 10.0. The van der Waals surface area contributed by atoms with Crippen molar-refractivity contribution < 1.29 is 4.74 Å². The highest BCUT2D eigenvalue weighted by Gasteiger charge is 2.25. The van der Waals surface area contributed by atoms with Crippen LogP contribution in [0.2, 0.25) is 0 Å². The number of benzene rings is 1. The van der Waals surface area contributed by atoms with Gasteiger partial charge in [-0.05, 0) is 38.3 Å². The second-order valence-corrected chi connectivity index (χ2v) is 8.25. The number of guanidine groups is 1. The Morgan fingerprint density at radius 3 is 2.35 bits per heavy atom. The molecule has 2 aliphatic rings. The average Bonchev–Trinajstić information content (AvgIpc) is 2.81. The Bertz CT molecular complexity index is 616. The molecule has 2 aliphatic heterocycles. The monoisotopic (exact) mass is 543 g/mol. The predicted molar refractivity (Wildman–Crippen MR) is 141 cm³/mol. The second-order valence-electron chi connectivity index (χ2n) is 8.25. The highest BCUT2D eigenvalue weighted by Crippen LogP contribution is 2.25. The molecule has 1 atom stereocenters. The van der Waals surface area contributed by atoms with Crippen LogP contribution in [0, 0.1) is 0 Å². The molecular formula is C24H42IN5O. The predicted octanol–water partition coefficient (Wildman–Crippen LogP) is 3.45. The number of hydrogen-bond acceptors (Lipinski definition) is 4.